The molecule has 0 heterocycles. The van der Waals surface area contributed by atoms with Crippen molar-refractivity contribution in [3.8, 4) is 0 Å². The first kappa shape index (κ1) is 17.7. The Kier molecular flexibility index (Phi) is 6.56. The van der Waals surface area contributed by atoms with Gasteiger partial charge in [0, 0.05) is 13.0 Å². The third kappa shape index (κ3) is 5.55. The van der Waals surface area contributed by atoms with E-state index in [9.17, 15) is 14.4 Å². The molecule has 0 aliphatic heterocycles. The van der Waals surface area contributed by atoms with E-state index in [1.807, 2.05) is 30.3 Å². The molecule has 22 heavy (non-hydrogen) atoms. The van der Waals surface area contributed by atoms with Crippen LogP contribution in [0.3, 0.4) is 0 Å². The molecular weight excluding hydrogens is 284 g/mol. The van der Waals surface area contributed by atoms with E-state index < -0.39 is 12.0 Å². The molecule has 1 aromatic carbocycles. The van der Waals surface area contributed by atoms with Crippen molar-refractivity contribution in [2.24, 2.45) is 0 Å². The van der Waals surface area contributed by atoms with Crippen molar-refractivity contribution < 1.29 is 19.5 Å². The molecule has 120 valence electrons. The van der Waals surface area contributed by atoms with Crippen molar-refractivity contribution in [3.05, 3.63) is 35.9 Å². The highest BCUT2D eigenvalue weighted by Gasteiger charge is 2.24. The Morgan fingerprint density at radius 2 is 1.77 bits per heavy atom. The van der Waals surface area contributed by atoms with Crippen molar-refractivity contribution in [3.63, 3.8) is 0 Å². The van der Waals surface area contributed by atoms with Crippen LogP contribution in [0.2, 0.25) is 0 Å². The highest BCUT2D eigenvalue weighted by atomic mass is 16.4. The van der Waals surface area contributed by atoms with Gasteiger partial charge >= 0.3 is 5.97 Å². The van der Waals surface area contributed by atoms with Crippen LogP contribution in [0.4, 0.5) is 0 Å². The maximum atomic E-state index is 12.4. The third-order valence-corrected chi connectivity index (χ3v) is 3.21. The van der Waals surface area contributed by atoms with Gasteiger partial charge in [0.15, 0.2) is 0 Å². The summed E-state index contributed by atoms with van der Waals surface area (Å²) in [5.41, 5.74) is 0.810. The fourth-order valence-electron chi connectivity index (χ4n) is 2.18. The van der Waals surface area contributed by atoms with E-state index in [0.29, 0.717) is 0 Å². The van der Waals surface area contributed by atoms with Crippen molar-refractivity contribution in [1.29, 1.82) is 0 Å². The lowest BCUT2D eigenvalue weighted by molar-refractivity contribution is -0.146. The molecule has 1 unspecified atom stereocenters. The van der Waals surface area contributed by atoms with Crippen LogP contribution >= 0.6 is 0 Å². The topological polar surface area (TPSA) is 86.7 Å². The number of nitrogens with zero attached hydrogens (tertiary/aromatic N) is 1. The first-order valence-electron chi connectivity index (χ1n) is 7.14. The van der Waals surface area contributed by atoms with Crippen molar-refractivity contribution in [2.75, 3.05) is 6.54 Å². The average Bonchev–Trinajstić information content (AvgIpc) is 2.44. The van der Waals surface area contributed by atoms with Crippen LogP contribution in [0.5, 0.6) is 0 Å². The predicted octanol–water partition coefficient (Wildman–Crippen LogP) is 1.58. The van der Waals surface area contributed by atoms with Gasteiger partial charge < -0.3 is 15.3 Å². The van der Waals surface area contributed by atoms with E-state index >= 15 is 0 Å². The quantitative estimate of drug-likeness (QED) is 0.800. The molecule has 0 aliphatic rings. The first-order chi connectivity index (χ1) is 10.3. The molecular formula is C16H22N2O4. The van der Waals surface area contributed by atoms with Gasteiger partial charge in [-0.3, -0.25) is 14.4 Å². The van der Waals surface area contributed by atoms with E-state index in [1.165, 1.54) is 11.8 Å². The lowest BCUT2D eigenvalue weighted by Crippen LogP contribution is -2.42. The molecule has 0 fully saturated rings. The monoisotopic (exact) mass is 306 g/mol. The van der Waals surface area contributed by atoms with Crippen LogP contribution in [0.15, 0.2) is 30.3 Å². The van der Waals surface area contributed by atoms with E-state index in [-0.39, 0.29) is 30.8 Å². The Bertz CT molecular complexity index is 528. The molecule has 2 amide bonds. The minimum atomic E-state index is -1.06. The Balaban J connectivity index is 2.90. The molecule has 0 radical (unpaired) electrons. The van der Waals surface area contributed by atoms with Gasteiger partial charge in [-0.2, -0.15) is 0 Å². The standard InChI is InChI=1S/C16H22N2O4/c1-11(2)18(10-16(21)22)15(20)9-14(17-12(3)19)13-7-5-4-6-8-13/h4-8,11,14H,9-10H2,1-3H3,(H,17,19)(H,21,22). The Morgan fingerprint density at radius 1 is 1.18 bits per heavy atom. The number of rotatable bonds is 7. The van der Waals surface area contributed by atoms with E-state index in [4.69, 9.17) is 5.11 Å². The molecule has 2 N–H and O–H groups in total. The van der Waals surface area contributed by atoms with Crippen LogP contribution < -0.4 is 5.32 Å². The molecule has 0 spiro atoms. The largest absolute Gasteiger partial charge is 0.480 e. The summed E-state index contributed by atoms with van der Waals surface area (Å²) in [7, 11) is 0. The molecule has 1 aromatic rings. The number of hydrogen-bond donors (Lipinski definition) is 2. The second kappa shape index (κ2) is 8.17. The molecule has 0 aromatic heterocycles. The fraction of sp³-hybridized carbons (Fsp3) is 0.438. The zero-order valence-corrected chi connectivity index (χ0v) is 13.1. The van der Waals surface area contributed by atoms with Crippen LogP contribution in [0.25, 0.3) is 0 Å². The number of amides is 2. The molecule has 6 nitrogen and oxygen atoms in total. The average molecular weight is 306 g/mol. The van der Waals surface area contributed by atoms with Gasteiger partial charge in [-0.05, 0) is 19.4 Å². The highest BCUT2D eigenvalue weighted by molar-refractivity contribution is 5.83. The third-order valence-electron chi connectivity index (χ3n) is 3.21. The zero-order chi connectivity index (χ0) is 16.7. The number of carboxylic acids is 1. The van der Waals surface area contributed by atoms with Gasteiger partial charge in [0.1, 0.15) is 6.54 Å². The van der Waals surface area contributed by atoms with E-state index in [2.05, 4.69) is 5.32 Å². The molecule has 0 saturated carbocycles. The number of benzene rings is 1. The predicted molar refractivity (Wildman–Crippen MR) is 82.1 cm³/mol. The van der Waals surface area contributed by atoms with Crippen LogP contribution in [-0.2, 0) is 14.4 Å². The first-order valence-corrected chi connectivity index (χ1v) is 7.14. The second-order valence-electron chi connectivity index (χ2n) is 5.38. The second-order valence-corrected chi connectivity index (χ2v) is 5.38. The van der Waals surface area contributed by atoms with Gasteiger partial charge in [-0.25, -0.2) is 0 Å². The number of nitrogens with one attached hydrogen (secondary N) is 1. The summed E-state index contributed by atoms with van der Waals surface area (Å²) < 4.78 is 0. The summed E-state index contributed by atoms with van der Waals surface area (Å²) in [5.74, 6) is -1.60. The Morgan fingerprint density at radius 3 is 2.23 bits per heavy atom. The maximum Gasteiger partial charge on any atom is 0.323 e. The minimum absolute atomic E-state index is 0.0229. The van der Waals surface area contributed by atoms with E-state index in [0.717, 1.165) is 5.56 Å². The lowest BCUT2D eigenvalue weighted by Gasteiger charge is -2.27. The summed E-state index contributed by atoms with van der Waals surface area (Å²) in [6.07, 6.45) is 0.0229. The van der Waals surface area contributed by atoms with Crippen molar-refractivity contribution in [1.82, 2.24) is 10.2 Å². The van der Waals surface area contributed by atoms with Crippen LogP contribution in [-0.4, -0.2) is 40.4 Å². The summed E-state index contributed by atoms with van der Waals surface area (Å²) in [6.45, 7) is 4.56. The molecule has 6 heteroatoms. The highest BCUT2D eigenvalue weighted by Crippen LogP contribution is 2.18. The fourth-order valence-corrected chi connectivity index (χ4v) is 2.18. The summed E-state index contributed by atoms with van der Waals surface area (Å²) in [5, 5.41) is 11.7. The number of hydrogen-bond acceptors (Lipinski definition) is 3. The van der Waals surface area contributed by atoms with Crippen LogP contribution in [0, 0.1) is 0 Å². The van der Waals surface area contributed by atoms with Crippen LogP contribution in [0.1, 0.15) is 38.8 Å². The molecule has 0 bridgehead atoms. The smallest absolute Gasteiger partial charge is 0.323 e. The van der Waals surface area contributed by atoms with Gasteiger partial charge in [0.2, 0.25) is 11.8 Å². The normalized spacial score (nSPS) is 11.8. The Labute approximate surface area is 130 Å². The molecule has 1 atom stereocenters. The van der Waals surface area contributed by atoms with Gasteiger partial charge in [0.05, 0.1) is 12.5 Å². The zero-order valence-electron chi connectivity index (χ0n) is 13.1. The number of carboxylic acid groups (broad SMARTS) is 1. The van der Waals surface area contributed by atoms with Crippen molar-refractivity contribution >= 4 is 17.8 Å². The lowest BCUT2D eigenvalue weighted by atomic mass is 10.0. The number of carbonyl (C=O) groups excluding carboxylic acids is 2. The van der Waals surface area contributed by atoms with E-state index in [1.54, 1.807) is 13.8 Å². The summed E-state index contributed by atoms with van der Waals surface area (Å²) >= 11 is 0. The Hall–Kier alpha value is -2.37. The van der Waals surface area contributed by atoms with Gasteiger partial charge in [0.25, 0.3) is 0 Å². The molecule has 0 saturated heterocycles. The van der Waals surface area contributed by atoms with Gasteiger partial charge in [-0.15, -0.1) is 0 Å². The van der Waals surface area contributed by atoms with Crippen molar-refractivity contribution in [2.45, 2.75) is 39.3 Å². The SMILES string of the molecule is CC(=O)NC(CC(=O)N(CC(=O)O)C(C)C)c1ccccc1. The number of aliphatic carboxylic acids is 1. The maximum absolute atomic E-state index is 12.4. The summed E-state index contributed by atoms with van der Waals surface area (Å²) in [6, 6.07) is 8.45. The minimum Gasteiger partial charge on any atom is -0.480 e. The summed E-state index contributed by atoms with van der Waals surface area (Å²) in [4.78, 5) is 35.9. The number of carbonyl (C=O) groups is 3. The molecule has 0 aliphatic carbocycles. The van der Waals surface area contributed by atoms with Gasteiger partial charge in [-0.1, -0.05) is 30.3 Å². The molecule has 1 rings (SSSR count).